The van der Waals surface area contributed by atoms with Crippen LogP contribution < -0.4 is 34.6 Å². The van der Waals surface area contributed by atoms with Crippen molar-refractivity contribution >= 4 is 85.8 Å². The summed E-state index contributed by atoms with van der Waals surface area (Å²) in [6.07, 6.45) is -8.16. The van der Waals surface area contributed by atoms with Crippen LogP contribution >= 0.6 is 24.4 Å². The maximum absolute atomic E-state index is 16.4. The Morgan fingerprint density at radius 2 is 1.32 bits per heavy atom. The van der Waals surface area contributed by atoms with E-state index in [9.17, 15) is 56.4 Å². The van der Waals surface area contributed by atoms with Crippen LogP contribution in [0.2, 0.25) is 0 Å². The van der Waals surface area contributed by atoms with Crippen molar-refractivity contribution in [3.63, 3.8) is 0 Å². The minimum absolute atomic E-state index is 0.000644. The zero-order valence-corrected chi connectivity index (χ0v) is 44.5. The summed E-state index contributed by atoms with van der Waals surface area (Å²) < 4.78 is 119. The van der Waals surface area contributed by atoms with E-state index >= 15 is 4.39 Å². The standard InChI is InChI=1S/C53H45F7N10O7S2/c1-8-38-63-41-33(17-32(20-37(41)54)70-48(79)68(46(73)50(70,5)6)30-12-10-28(23-62)35(19-30)53(58,59)60)43(64-38)77-25-51(74)21-36(51)26(2)40-42(76-16-15-75-7)44(71)66-24-31(13-14-39(66)65-40)69-47(78)67(45(72)49(69,3)4)29-11-9-27(22-61)34(18-29)52(55,56)57/h9-14,17-20,24,26,36,74H,8,15-16,21,25H2,1-7H3. The maximum atomic E-state index is 16.4. The highest BCUT2D eigenvalue weighted by atomic mass is 32.1. The van der Waals surface area contributed by atoms with Crippen LogP contribution in [0.1, 0.15) is 87.7 Å². The molecule has 0 spiro atoms. The number of aryl methyl sites for hydroxylation is 1. The molecule has 1 N–H and O–H groups in total. The van der Waals surface area contributed by atoms with Crippen LogP contribution in [0.15, 0.2) is 71.7 Å². The first-order valence-corrected chi connectivity index (χ1v) is 25.0. The zero-order chi connectivity index (χ0) is 57.6. The molecule has 1 saturated carbocycles. The Morgan fingerprint density at radius 1 is 0.772 bits per heavy atom. The Bertz CT molecular complexity index is 3750. The van der Waals surface area contributed by atoms with Gasteiger partial charge in [-0.3, -0.25) is 28.6 Å². The number of alkyl halides is 6. The fourth-order valence-corrected chi connectivity index (χ4v) is 11.0. The Labute approximate surface area is 455 Å². The molecule has 9 rings (SSSR count). The molecule has 3 aliphatic rings. The lowest BCUT2D eigenvalue weighted by Gasteiger charge is -2.30. The van der Waals surface area contributed by atoms with Gasteiger partial charge in [-0.2, -0.15) is 41.9 Å². The van der Waals surface area contributed by atoms with Crippen molar-refractivity contribution in [2.75, 3.05) is 46.5 Å². The van der Waals surface area contributed by atoms with Crippen LogP contribution in [-0.2, 0) is 33.1 Å². The first kappa shape index (κ1) is 55.8. The summed E-state index contributed by atoms with van der Waals surface area (Å²) in [6.45, 7) is 8.89. The highest BCUT2D eigenvalue weighted by Crippen LogP contribution is 2.53. The number of thiocarbonyl (C=S) groups is 2. The summed E-state index contributed by atoms with van der Waals surface area (Å²) in [6, 6.07) is 14.0. The summed E-state index contributed by atoms with van der Waals surface area (Å²) in [5.74, 6) is -3.84. The first-order valence-electron chi connectivity index (χ1n) is 24.2. The van der Waals surface area contributed by atoms with Crippen LogP contribution in [0.3, 0.4) is 0 Å². The number of anilines is 4. The molecule has 6 aromatic rings. The molecular formula is C53H45F7N10O7S2. The van der Waals surface area contributed by atoms with E-state index in [-0.39, 0.29) is 98.7 Å². The van der Waals surface area contributed by atoms with E-state index in [1.807, 2.05) is 0 Å². The molecule has 3 atom stereocenters. The summed E-state index contributed by atoms with van der Waals surface area (Å²) >= 11 is 11.4. The summed E-state index contributed by atoms with van der Waals surface area (Å²) in [5.41, 5.74) is -9.50. The molecule has 0 bridgehead atoms. The van der Waals surface area contributed by atoms with Crippen LogP contribution in [-0.4, -0.2) is 90.1 Å². The number of amides is 2. The Morgan fingerprint density at radius 3 is 1.84 bits per heavy atom. The van der Waals surface area contributed by atoms with Gasteiger partial charge in [0.2, 0.25) is 11.6 Å². The van der Waals surface area contributed by atoms with Gasteiger partial charge < -0.3 is 29.1 Å². The molecule has 2 aliphatic heterocycles. The molecule has 1 aliphatic carbocycles. The number of carbonyl (C=O) groups is 2. The maximum Gasteiger partial charge on any atom is 0.417 e. The molecule has 79 heavy (non-hydrogen) atoms. The fraction of sp³-hybridized carbons (Fsp3) is 0.358. The molecule has 2 saturated heterocycles. The van der Waals surface area contributed by atoms with Gasteiger partial charge in [0, 0.05) is 37.3 Å². The second-order valence-electron chi connectivity index (χ2n) is 20.0. The van der Waals surface area contributed by atoms with Crippen LogP contribution in [0, 0.1) is 34.4 Å². The fourth-order valence-electron chi connectivity index (χ4n) is 9.96. The molecule has 17 nitrogen and oxygen atoms in total. The van der Waals surface area contributed by atoms with Crippen molar-refractivity contribution in [3.8, 4) is 23.8 Å². The first-order chi connectivity index (χ1) is 37.0. The minimum Gasteiger partial charge on any atom is -0.484 e. The number of ether oxygens (including phenoxy) is 3. The summed E-state index contributed by atoms with van der Waals surface area (Å²) in [4.78, 5) is 60.7. The van der Waals surface area contributed by atoms with Crippen LogP contribution in [0.4, 0.5) is 53.5 Å². The number of carbonyl (C=O) groups excluding carboxylic acids is 2. The highest BCUT2D eigenvalue weighted by molar-refractivity contribution is 7.81. The molecule has 3 unspecified atom stereocenters. The second kappa shape index (κ2) is 19.8. The predicted molar refractivity (Wildman–Crippen MR) is 280 cm³/mol. The molecular weight excluding hydrogens is 1090 g/mol. The SMILES string of the molecule is CCc1nc(OCC2(O)CC2C(C)c2nc3ccc(N4C(=S)N(c5ccc(C#N)c(C(F)(F)F)c5)C(=O)C4(C)C)cn3c(=O)c2OCCOC)c2cc(N3C(=S)N(c4ccc(C#N)c(C(F)(F)F)c4)C(=O)C3(C)C)cc(F)c2n1. The predicted octanol–water partition coefficient (Wildman–Crippen LogP) is 8.91. The Kier molecular flexibility index (Phi) is 14.0. The van der Waals surface area contributed by atoms with Crippen molar-refractivity contribution < 1.29 is 59.6 Å². The lowest BCUT2D eigenvalue weighted by Crippen LogP contribution is -2.44. The van der Waals surface area contributed by atoms with Crippen molar-refractivity contribution in [1.29, 1.82) is 10.5 Å². The number of hydrogen-bond acceptors (Lipinski definition) is 14. The normalized spacial score (nSPS) is 19.4. The number of hydrogen-bond donors (Lipinski definition) is 1. The van der Waals surface area contributed by atoms with E-state index in [1.54, 1.807) is 13.8 Å². The van der Waals surface area contributed by atoms with Crippen molar-refractivity contribution in [2.45, 2.75) is 89.3 Å². The third kappa shape index (κ3) is 9.49. The van der Waals surface area contributed by atoms with Gasteiger partial charge in [0.15, 0.2) is 16.0 Å². The van der Waals surface area contributed by atoms with Crippen LogP contribution in [0.25, 0.3) is 16.6 Å². The van der Waals surface area contributed by atoms with Gasteiger partial charge in [0.05, 0.1) is 69.1 Å². The number of benzene rings is 3. The van der Waals surface area contributed by atoms with Gasteiger partial charge in [-0.1, -0.05) is 13.8 Å². The quantitative estimate of drug-likeness (QED) is 0.0615. The number of rotatable bonds is 14. The highest BCUT2D eigenvalue weighted by Gasteiger charge is 2.58. The minimum atomic E-state index is -4.94. The molecule has 3 fully saturated rings. The Balaban J connectivity index is 1.01. The van der Waals surface area contributed by atoms with Crippen molar-refractivity contribution in [1.82, 2.24) is 19.4 Å². The van der Waals surface area contributed by atoms with Gasteiger partial charge >= 0.3 is 17.9 Å². The van der Waals surface area contributed by atoms with Crippen molar-refractivity contribution in [3.05, 3.63) is 117 Å². The molecule has 2 amide bonds. The van der Waals surface area contributed by atoms with Gasteiger partial charge in [-0.15, -0.1) is 0 Å². The van der Waals surface area contributed by atoms with E-state index in [4.69, 9.17) is 43.6 Å². The molecule has 0 radical (unpaired) electrons. The summed E-state index contributed by atoms with van der Waals surface area (Å²) in [5, 5.41) is 30.3. The van der Waals surface area contributed by atoms with E-state index in [2.05, 4.69) is 9.97 Å². The van der Waals surface area contributed by atoms with Crippen LogP contribution in [0.5, 0.6) is 11.6 Å². The topological polar surface area (TPSA) is 203 Å². The number of nitrogens with zero attached hydrogens (tertiary/aromatic N) is 10. The number of halogens is 7. The van der Waals surface area contributed by atoms with Gasteiger partial charge in [0.1, 0.15) is 46.9 Å². The van der Waals surface area contributed by atoms with Gasteiger partial charge in [0.25, 0.3) is 11.8 Å². The number of aromatic nitrogens is 4. The molecule has 3 aromatic heterocycles. The lowest BCUT2D eigenvalue weighted by molar-refractivity contribution is -0.138. The molecule has 410 valence electrons. The monoisotopic (exact) mass is 1130 g/mol. The van der Waals surface area contributed by atoms with Gasteiger partial charge in [-0.05, 0) is 119 Å². The second-order valence-corrected chi connectivity index (χ2v) is 20.7. The third-order valence-electron chi connectivity index (χ3n) is 14.2. The number of nitriles is 2. The van der Waals surface area contributed by atoms with E-state index in [1.165, 1.54) is 87.2 Å². The number of methoxy groups -OCH3 is 1. The summed E-state index contributed by atoms with van der Waals surface area (Å²) in [7, 11) is 1.43. The third-order valence-corrected chi connectivity index (χ3v) is 14.9. The average molecular weight is 1130 g/mol. The van der Waals surface area contributed by atoms with E-state index in [0.29, 0.717) is 12.1 Å². The number of pyridine rings is 1. The lowest BCUT2D eigenvalue weighted by atomic mass is 9.98. The largest absolute Gasteiger partial charge is 0.484 e. The molecule has 26 heteroatoms. The Hall–Kier alpha value is -7.91. The zero-order valence-electron chi connectivity index (χ0n) is 42.9. The average Bonchev–Trinajstić information content (AvgIpc) is 4.20. The number of aliphatic hydroxyl groups is 1. The molecule has 3 aromatic carbocycles. The van der Waals surface area contributed by atoms with E-state index in [0.717, 1.165) is 38.5 Å². The van der Waals surface area contributed by atoms with E-state index < -0.39 is 92.9 Å². The molecule has 5 heterocycles. The van der Waals surface area contributed by atoms with Gasteiger partial charge in [-0.25, -0.2) is 14.4 Å². The van der Waals surface area contributed by atoms with Crippen molar-refractivity contribution in [2.24, 2.45) is 5.92 Å². The smallest absolute Gasteiger partial charge is 0.417 e. The number of fused-ring (bicyclic) bond motifs is 2.